The van der Waals surface area contributed by atoms with E-state index in [0.29, 0.717) is 24.1 Å². The van der Waals surface area contributed by atoms with Gasteiger partial charge in [-0.3, -0.25) is 4.99 Å². The summed E-state index contributed by atoms with van der Waals surface area (Å²) in [6, 6.07) is 5.58. The smallest absolute Gasteiger partial charge is 0.191 e. The van der Waals surface area contributed by atoms with Gasteiger partial charge in [0.2, 0.25) is 0 Å². The fourth-order valence-corrected chi connectivity index (χ4v) is 2.94. The van der Waals surface area contributed by atoms with Crippen LogP contribution in [0.1, 0.15) is 11.3 Å². The maximum absolute atomic E-state index is 5.98. The van der Waals surface area contributed by atoms with Gasteiger partial charge in [-0.15, -0.1) is 11.3 Å². The van der Waals surface area contributed by atoms with E-state index in [2.05, 4.69) is 20.6 Å². The van der Waals surface area contributed by atoms with Crippen LogP contribution in [-0.2, 0) is 13.1 Å². The van der Waals surface area contributed by atoms with Gasteiger partial charge in [0.15, 0.2) is 11.1 Å². The predicted octanol–water partition coefficient (Wildman–Crippen LogP) is 2.74. The van der Waals surface area contributed by atoms with E-state index in [1.54, 1.807) is 31.6 Å². The van der Waals surface area contributed by atoms with Gasteiger partial charge >= 0.3 is 0 Å². The molecule has 130 valence electrons. The van der Waals surface area contributed by atoms with Crippen LogP contribution in [0.15, 0.2) is 28.6 Å². The van der Waals surface area contributed by atoms with Gasteiger partial charge in [-0.25, -0.2) is 4.98 Å². The van der Waals surface area contributed by atoms with Gasteiger partial charge < -0.3 is 20.3 Å². The molecule has 0 radical (unpaired) electrons. The van der Waals surface area contributed by atoms with Gasteiger partial charge in [0.05, 0.1) is 19.3 Å². The molecule has 24 heavy (non-hydrogen) atoms. The second-order valence-corrected chi connectivity index (χ2v) is 6.52. The molecule has 2 rings (SSSR count). The zero-order valence-corrected chi connectivity index (χ0v) is 15.8. The quantitative estimate of drug-likeness (QED) is 0.607. The Kier molecular flexibility index (Phi) is 6.69. The van der Waals surface area contributed by atoms with Gasteiger partial charge in [0.25, 0.3) is 0 Å². The van der Waals surface area contributed by atoms with Crippen LogP contribution in [0.3, 0.4) is 0 Å². The van der Waals surface area contributed by atoms with Crippen LogP contribution < -0.4 is 20.3 Å². The molecular weight excluding hydrogens is 346 g/mol. The molecule has 0 fully saturated rings. The zero-order chi connectivity index (χ0) is 17.5. The van der Waals surface area contributed by atoms with Crippen molar-refractivity contribution >= 4 is 34.0 Å². The molecule has 6 nitrogen and oxygen atoms in total. The lowest BCUT2D eigenvalue weighted by Gasteiger charge is -2.13. The summed E-state index contributed by atoms with van der Waals surface area (Å²) in [5.41, 5.74) is 1.99. The van der Waals surface area contributed by atoms with Crippen molar-refractivity contribution in [2.24, 2.45) is 4.99 Å². The fraction of sp³-hybridized carbons (Fsp3) is 0.375. The third-order valence-corrected chi connectivity index (χ3v) is 4.57. The van der Waals surface area contributed by atoms with Crippen LogP contribution >= 0.6 is 22.9 Å². The number of methoxy groups -OCH3 is 1. The van der Waals surface area contributed by atoms with Crippen LogP contribution in [-0.4, -0.2) is 39.2 Å². The van der Waals surface area contributed by atoms with Crippen molar-refractivity contribution in [3.63, 3.8) is 0 Å². The highest BCUT2D eigenvalue weighted by Crippen LogP contribution is 2.22. The summed E-state index contributed by atoms with van der Waals surface area (Å²) in [6.07, 6.45) is 0. The Morgan fingerprint density at radius 3 is 2.71 bits per heavy atom. The monoisotopic (exact) mass is 367 g/mol. The Morgan fingerprint density at radius 2 is 2.08 bits per heavy atom. The van der Waals surface area contributed by atoms with Crippen LogP contribution in [0.4, 0.5) is 5.13 Å². The first-order valence-electron chi connectivity index (χ1n) is 7.42. The van der Waals surface area contributed by atoms with Gasteiger partial charge in [0, 0.05) is 43.7 Å². The molecule has 0 bridgehead atoms. The Labute approximate surface area is 151 Å². The molecule has 0 aliphatic carbocycles. The summed E-state index contributed by atoms with van der Waals surface area (Å²) >= 11 is 7.60. The van der Waals surface area contributed by atoms with E-state index in [-0.39, 0.29) is 0 Å². The molecule has 0 atom stereocenters. The second-order valence-electron chi connectivity index (χ2n) is 5.25. The number of aliphatic imine (C=N–C) groups is 1. The summed E-state index contributed by atoms with van der Waals surface area (Å²) in [7, 11) is 7.33. The highest BCUT2D eigenvalue weighted by Gasteiger charge is 2.07. The van der Waals surface area contributed by atoms with Gasteiger partial charge in [0.1, 0.15) is 5.75 Å². The average molecular weight is 368 g/mol. The Balaban J connectivity index is 1.90. The number of rotatable bonds is 6. The Morgan fingerprint density at radius 1 is 1.33 bits per heavy atom. The van der Waals surface area contributed by atoms with Crippen molar-refractivity contribution in [3.8, 4) is 5.75 Å². The first kappa shape index (κ1) is 18.4. The summed E-state index contributed by atoms with van der Waals surface area (Å²) in [5, 5.41) is 10.2. The maximum atomic E-state index is 5.98. The largest absolute Gasteiger partial charge is 0.496 e. The second kappa shape index (κ2) is 8.75. The van der Waals surface area contributed by atoms with Crippen LogP contribution in [0.2, 0.25) is 5.02 Å². The van der Waals surface area contributed by atoms with E-state index in [9.17, 15) is 0 Å². The predicted molar refractivity (Wildman–Crippen MR) is 101 cm³/mol. The Hall–Kier alpha value is -1.99. The lowest BCUT2D eigenvalue weighted by Crippen LogP contribution is -2.36. The topological polar surface area (TPSA) is 61.8 Å². The van der Waals surface area contributed by atoms with Crippen LogP contribution in [0.5, 0.6) is 5.75 Å². The molecule has 0 saturated heterocycles. The number of halogens is 1. The number of hydrogen-bond acceptors (Lipinski definition) is 5. The molecule has 0 saturated carbocycles. The summed E-state index contributed by atoms with van der Waals surface area (Å²) in [4.78, 5) is 10.8. The normalized spacial score (nSPS) is 11.3. The highest BCUT2D eigenvalue weighted by atomic mass is 35.5. The van der Waals surface area contributed by atoms with Crippen molar-refractivity contribution in [2.45, 2.75) is 13.1 Å². The molecule has 1 heterocycles. The molecule has 0 spiro atoms. The summed E-state index contributed by atoms with van der Waals surface area (Å²) < 4.78 is 5.35. The minimum Gasteiger partial charge on any atom is -0.496 e. The van der Waals surface area contributed by atoms with E-state index in [1.807, 2.05) is 36.5 Å². The number of thiazole rings is 1. The number of benzene rings is 1. The van der Waals surface area contributed by atoms with Crippen molar-refractivity contribution in [3.05, 3.63) is 39.9 Å². The number of anilines is 1. The number of guanidine groups is 1. The minimum absolute atomic E-state index is 0.583. The molecule has 2 N–H and O–H groups in total. The highest BCUT2D eigenvalue weighted by molar-refractivity contribution is 7.13. The van der Waals surface area contributed by atoms with Crippen molar-refractivity contribution in [1.82, 2.24) is 15.6 Å². The molecule has 0 unspecified atom stereocenters. The lowest BCUT2D eigenvalue weighted by atomic mass is 10.2. The summed E-state index contributed by atoms with van der Waals surface area (Å²) in [5.74, 6) is 1.45. The number of nitrogens with one attached hydrogen (secondary N) is 2. The number of hydrogen-bond donors (Lipinski definition) is 2. The SMILES string of the molecule is CN=C(NCc1csc(N(C)C)n1)NCc1ccc(Cl)cc1OC. The molecule has 0 amide bonds. The number of ether oxygens (including phenoxy) is 1. The van der Waals surface area contributed by atoms with E-state index in [4.69, 9.17) is 16.3 Å². The Bertz CT molecular complexity index is 702. The molecule has 2 aromatic rings. The third-order valence-electron chi connectivity index (χ3n) is 3.28. The van der Waals surface area contributed by atoms with Crippen molar-refractivity contribution in [2.75, 3.05) is 33.2 Å². The van der Waals surface area contributed by atoms with Gasteiger partial charge in [-0.1, -0.05) is 17.7 Å². The van der Waals surface area contributed by atoms with E-state index in [0.717, 1.165) is 22.1 Å². The van der Waals surface area contributed by atoms with Gasteiger partial charge in [-0.05, 0) is 12.1 Å². The molecule has 0 aliphatic rings. The lowest BCUT2D eigenvalue weighted by molar-refractivity contribution is 0.409. The number of nitrogens with zero attached hydrogens (tertiary/aromatic N) is 3. The molecule has 0 aliphatic heterocycles. The number of aromatic nitrogens is 1. The fourth-order valence-electron chi connectivity index (χ4n) is 2.02. The average Bonchev–Trinajstić information content (AvgIpc) is 3.05. The zero-order valence-electron chi connectivity index (χ0n) is 14.3. The van der Waals surface area contributed by atoms with Crippen LogP contribution in [0, 0.1) is 0 Å². The summed E-state index contributed by atoms with van der Waals surface area (Å²) in [6.45, 7) is 1.20. The van der Waals surface area contributed by atoms with E-state index in [1.165, 1.54) is 0 Å². The molecule has 1 aromatic heterocycles. The standard InChI is InChI=1S/C16H22ClN5OS/c1-18-15(20-9-13-10-24-16(21-13)22(2)3)19-8-11-5-6-12(17)7-14(11)23-4/h5-7,10H,8-9H2,1-4H3,(H2,18,19,20). The first-order valence-corrected chi connectivity index (χ1v) is 8.68. The molecule has 8 heteroatoms. The van der Waals surface area contributed by atoms with Crippen molar-refractivity contribution < 1.29 is 4.74 Å². The van der Waals surface area contributed by atoms with Crippen LogP contribution in [0.25, 0.3) is 0 Å². The minimum atomic E-state index is 0.583. The molecule has 1 aromatic carbocycles. The third kappa shape index (κ3) is 5.01. The van der Waals surface area contributed by atoms with Gasteiger partial charge in [-0.2, -0.15) is 0 Å². The maximum Gasteiger partial charge on any atom is 0.191 e. The molecular formula is C16H22ClN5OS. The van der Waals surface area contributed by atoms with E-state index < -0.39 is 0 Å². The van der Waals surface area contributed by atoms with Crippen molar-refractivity contribution in [1.29, 1.82) is 0 Å². The van der Waals surface area contributed by atoms with E-state index >= 15 is 0 Å². The first-order chi connectivity index (χ1) is 11.5.